The van der Waals surface area contributed by atoms with Gasteiger partial charge < -0.3 is 10.6 Å². The van der Waals surface area contributed by atoms with E-state index in [1.54, 1.807) is 12.1 Å². The van der Waals surface area contributed by atoms with E-state index in [0.717, 1.165) is 17.1 Å². The van der Waals surface area contributed by atoms with Crippen LogP contribution in [0.15, 0.2) is 60.7 Å². The van der Waals surface area contributed by atoms with Crippen LogP contribution in [-0.2, 0) is 6.42 Å². The first kappa shape index (κ1) is 17.9. The van der Waals surface area contributed by atoms with Crippen LogP contribution in [0, 0.1) is 12.7 Å². The highest BCUT2D eigenvalue weighted by Gasteiger charge is 2.08. The summed E-state index contributed by atoms with van der Waals surface area (Å²) in [4.78, 5) is 8.97. The monoisotopic (exact) mass is 350 g/mol. The SMILES string of the molecule is Cc1cc(N[C@@H](C)c2ccccc2)nc(NCCc2cccc(F)c2)n1. The Morgan fingerprint density at radius 1 is 1.00 bits per heavy atom. The van der Waals surface area contributed by atoms with Crippen molar-refractivity contribution in [1.29, 1.82) is 0 Å². The summed E-state index contributed by atoms with van der Waals surface area (Å²) in [6, 6.07) is 18.9. The van der Waals surface area contributed by atoms with Crippen LogP contribution in [0.2, 0.25) is 0 Å². The van der Waals surface area contributed by atoms with Gasteiger partial charge in [-0.1, -0.05) is 42.5 Å². The molecule has 1 atom stereocenters. The van der Waals surface area contributed by atoms with Crippen LogP contribution in [0.1, 0.15) is 29.8 Å². The molecule has 3 aromatic rings. The molecule has 134 valence electrons. The van der Waals surface area contributed by atoms with Gasteiger partial charge in [0.2, 0.25) is 5.95 Å². The van der Waals surface area contributed by atoms with Crippen molar-refractivity contribution >= 4 is 11.8 Å². The number of nitrogens with zero attached hydrogens (tertiary/aromatic N) is 2. The zero-order chi connectivity index (χ0) is 18.4. The summed E-state index contributed by atoms with van der Waals surface area (Å²) in [5.41, 5.74) is 3.03. The first-order valence-corrected chi connectivity index (χ1v) is 8.75. The predicted octanol–water partition coefficient (Wildman–Crippen LogP) is 4.75. The number of halogens is 1. The predicted molar refractivity (Wildman–Crippen MR) is 104 cm³/mol. The highest BCUT2D eigenvalue weighted by molar-refractivity contribution is 5.44. The molecule has 0 unspecified atom stereocenters. The Bertz CT molecular complexity index is 852. The van der Waals surface area contributed by atoms with Crippen molar-refractivity contribution in [2.45, 2.75) is 26.3 Å². The summed E-state index contributed by atoms with van der Waals surface area (Å²) >= 11 is 0. The maximum absolute atomic E-state index is 13.2. The van der Waals surface area contributed by atoms with Crippen molar-refractivity contribution in [2.75, 3.05) is 17.2 Å². The number of hydrogen-bond acceptors (Lipinski definition) is 4. The Labute approximate surface area is 153 Å². The number of anilines is 2. The normalized spacial score (nSPS) is 11.8. The third-order valence-corrected chi connectivity index (χ3v) is 4.10. The molecule has 0 fully saturated rings. The Hall–Kier alpha value is -2.95. The molecule has 0 saturated heterocycles. The first-order chi connectivity index (χ1) is 12.6. The third kappa shape index (κ3) is 5.02. The molecule has 3 rings (SSSR count). The molecule has 0 spiro atoms. The van der Waals surface area contributed by atoms with Gasteiger partial charge in [-0.25, -0.2) is 9.37 Å². The summed E-state index contributed by atoms with van der Waals surface area (Å²) in [7, 11) is 0. The minimum absolute atomic E-state index is 0.144. The summed E-state index contributed by atoms with van der Waals surface area (Å²) in [5, 5.41) is 6.64. The number of hydrogen-bond donors (Lipinski definition) is 2. The molecule has 0 aliphatic rings. The summed E-state index contributed by atoms with van der Waals surface area (Å²) < 4.78 is 13.2. The van der Waals surface area contributed by atoms with Crippen LogP contribution >= 0.6 is 0 Å². The van der Waals surface area contributed by atoms with Gasteiger partial charge in [-0.2, -0.15) is 4.98 Å². The lowest BCUT2D eigenvalue weighted by Gasteiger charge is -2.16. The lowest BCUT2D eigenvalue weighted by molar-refractivity contribution is 0.625. The Morgan fingerprint density at radius 2 is 1.81 bits per heavy atom. The summed E-state index contributed by atoms with van der Waals surface area (Å²) in [6.45, 7) is 4.68. The van der Waals surface area contributed by atoms with Gasteiger partial charge in [0.05, 0.1) is 0 Å². The smallest absolute Gasteiger partial charge is 0.224 e. The lowest BCUT2D eigenvalue weighted by Crippen LogP contribution is -2.12. The first-order valence-electron chi connectivity index (χ1n) is 8.75. The van der Waals surface area contributed by atoms with E-state index in [0.29, 0.717) is 18.9 Å². The maximum atomic E-state index is 13.2. The zero-order valence-electron chi connectivity index (χ0n) is 15.0. The molecule has 0 amide bonds. The van der Waals surface area contributed by atoms with Gasteiger partial charge in [-0.15, -0.1) is 0 Å². The van der Waals surface area contributed by atoms with Crippen LogP contribution in [0.4, 0.5) is 16.2 Å². The fourth-order valence-electron chi connectivity index (χ4n) is 2.78. The van der Waals surface area contributed by atoms with Crippen LogP contribution < -0.4 is 10.6 Å². The van der Waals surface area contributed by atoms with Gasteiger partial charge in [-0.05, 0) is 43.5 Å². The molecule has 0 aliphatic carbocycles. The number of aromatic nitrogens is 2. The summed E-state index contributed by atoms with van der Waals surface area (Å²) in [5.74, 6) is 1.14. The Kier molecular flexibility index (Phi) is 5.79. The fraction of sp³-hybridized carbons (Fsp3) is 0.238. The molecule has 0 radical (unpaired) electrons. The van der Waals surface area contributed by atoms with Crippen LogP contribution in [0.3, 0.4) is 0 Å². The molecular formula is C21H23FN4. The van der Waals surface area contributed by atoms with E-state index >= 15 is 0 Å². The van der Waals surface area contributed by atoms with Crippen molar-refractivity contribution in [1.82, 2.24) is 9.97 Å². The minimum Gasteiger partial charge on any atom is -0.363 e. The quantitative estimate of drug-likeness (QED) is 0.645. The average molecular weight is 350 g/mol. The zero-order valence-corrected chi connectivity index (χ0v) is 15.0. The van der Waals surface area contributed by atoms with E-state index in [1.165, 1.54) is 11.6 Å². The van der Waals surface area contributed by atoms with Crippen LogP contribution in [0.5, 0.6) is 0 Å². The molecule has 26 heavy (non-hydrogen) atoms. The molecule has 0 aliphatic heterocycles. The molecule has 1 heterocycles. The molecule has 1 aromatic heterocycles. The van der Waals surface area contributed by atoms with Crippen LogP contribution in [-0.4, -0.2) is 16.5 Å². The van der Waals surface area contributed by atoms with Gasteiger partial charge in [0.1, 0.15) is 11.6 Å². The highest BCUT2D eigenvalue weighted by Crippen LogP contribution is 2.19. The largest absolute Gasteiger partial charge is 0.363 e. The number of rotatable bonds is 7. The molecule has 2 aromatic carbocycles. The second kappa shape index (κ2) is 8.43. The van der Waals surface area contributed by atoms with E-state index in [4.69, 9.17) is 0 Å². The Morgan fingerprint density at radius 3 is 2.58 bits per heavy atom. The summed E-state index contributed by atoms with van der Waals surface area (Å²) in [6.07, 6.45) is 0.707. The fourth-order valence-corrected chi connectivity index (χ4v) is 2.78. The van der Waals surface area contributed by atoms with E-state index < -0.39 is 0 Å². The molecule has 5 heteroatoms. The van der Waals surface area contributed by atoms with E-state index in [9.17, 15) is 4.39 Å². The number of benzene rings is 2. The third-order valence-electron chi connectivity index (χ3n) is 4.10. The number of nitrogens with one attached hydrogen (secondary N) is 2. The molecule has 0 saturated carbocycles. The van der Waals surface area contributed by atoms with Gasteiger partial charge in [0.25, 0.3) is 0 Å². The molecule has 0 bridgehead atoms. The van der Waals surface area contributed by atoms with Gasteiger partial charge in [0.15, 0.2) is 0 Å². The Balaban J connectivity index is 1.62. The molecule has 2 N–H and O–H groups in total. The van der Waals surface area contributed by atoms with E-state index in [-0.39, 0.29) is 11.9 Å². The number of aryl methyl sites for hydroxylation is 1. The van der Waals surface area contributed by atoms with Crippen molar-refractivity contribution in [3.05, 3.63) is 83.3 Å². The van der Waals surface area contributed by atoms with Gasteiger partial charge in [-0.3, -0.25) is 0 Å². The maximum Gasteiger partial charge on any atom is 0.224 e. The van der Waals surface area contributed by atoms with Gasteiger partial charge in [0, 0.05) is 24.3 Å². The standard InChI is InChI=1S/C21H23FN4/c1-15-13-20(25-16(2)18-8-4-3-5-9-18)26-21(24-15)23-12-11-17-7-6-10-19(22)14-17/h3-10,13-14,16H,11-12H2,1-2H3,(H2,23,24,25,26)/t16-/m0/s1. The van der Waals surface area contributed by atoms with Crippen molar-refractivity contribution in [2.24, 2.45) is 0 Å². The lowest BCUT2D eigenvalue weighted by atomic mass is 10.1. The van der Waals surface area contributed by atoms with Crippen LogP contribution in [0.25, 0.3) is 0 Å². The van der Waals surface area contributed by atoms with Crippen molar-refractivity contribution in [3.63, 3.8) is 0 Å². The minimum atomic E-state index is -0.212. The van der Waals surface area contributed by atoms with Crippen molar-refractivity contribution in [3.8, 4) is 0 Å². The van der Waals surface area contributed by atoms with Crippen molar-refractivity contribution < 1.29 is 4.39 Å². The topological polar surface area (TPSA) is 49.8 Å². The second-order valence-corrected chi connectivity index (χ2v) is 6.30. The molecular weight excluding hydrogens is 327 g/mol. The average Bonchev–Trinajstić information content (AvgIpc) is 2.62. The van der Waals surface area contributed by atoms with Gasteiger partial charge >= 0.3 is 0 Å². The van der Waals surface area contributed by atoms with E-state index in [2.05, 4.69) is 39.7 Å². The highest BCUT2D eigenvalue weighted by atomic mass is 19.1. The second-order valence-electron chi connectivity index (χ2n) is 6.30. The molecule has 4 nitrogen and oxygen atoms in total. The van der Waals surface area contributed by atoms with E-state index in [1.807, 2.05) is 37.3 Å².